The third kappa shape index (κ3) is 5.64. The fraction of sp³-hybridized carbons (Fsp3) is 0.211. The number of H-pyrrole nitrogens is 1. The van der Waals surface area contributed by atoms with Gasteiger partial charge in [-0.1, -0.05) is 41.9 Å². The van der Waals surface area contributed by atoms with E-state index in [9.17, 15) is 0 Å². The lowest BCUT2D eigenvalue weighted by molar-refractivity contribution is 0.787. The molecule has 0 saturated heterocycles. The van der Waals surface area contributed by atoms with Crippen LogP contribution in [-0.2, 0) is 13.0 Å². The number of aromatic nitrogens is 1. The lowest BCUT2D eigenvalue weighted by Crippen LogP contribution is -2.37. The summed E-state index contributed by atoms with van der Waals surface area (Å²) in [6.45, 7) is 1.50. The van der Waals surface area contributed by atoms with Crippen molar-refractivity contribution in [1.82, 2.24) is 15.6 Å². The molecular formula is C19H22ClIN4. The molecular weight excluding hydrogens is 447 g/mol. The monoisotopic (exact) mass is 468 g/mol. The molecule has 132 valence electrons. The van der Waals surface area contributed by atoms with Gasteiger partial charge in [0.15, 0.2) is 5.96 Å². The number of aliphatic imine (C=N–C) groups is 1. The Kier molecular flexibility index (Phi) is 7.58. The van der Waals surface area contributed by atoms with Crippen LogP contribution in [0, 0.1) is 0 Å². The van der Waals surface area contributed by atoms with Crippen molar-refractivity contribution in [3.05, 3.63) is 70.9 Å². The Morgan fingerprint density at radius 1 is 1.08 bits per heavy atom. The van der Waals surface area contributed by atoms with Crippen LogP contribution in [0.15, 0.2) is 59.6 Å². The molecule has 4 nitrogen and oxygen atoms in total. The van der Waals surface area contributed by atoms with E-state index in [1.54, 1.807) is 7.05 Å². The van der Waals surface area contributed by atoms with Crippen LogP contribution in [0.4, 0.5) is 0 Å². The summed E-state index contributed by atoms with van der Waals surface area (Å²) in [7, 11) is 1.78. The molecule has 1 aromatic heterocycles. The molecule has 0 spiro atoms. The van der Waals surface area contributed by atoms with Crippen LogP contribution in [0.1, 0.15) is 11.3 Å². The maximum absolute atomic E-state index is 6.00. The number of nitrogens with zero attached hydrogens (tertiary/aromatic N) is 1. The highest BCUT2D eigenvalue weighted by Gasteiger charge is 2.02. The third-order valence-electron chi connectivity index (χ3n) is 3.85. The van der Waals surface area contributed by atoms with E-state index in [0.717, 1.165) is 35.2 Å². The summed E-state index contributed by atoms with van der Waals surface area (Å²) in [6.07, 6.45) is 0.896. The van der Waals surface area contributed by atoms with Gasteiger partial charge in [-0.15, -0.1) is 24.0 Å². The summed E-state index contributed by atoms with van der Waals surface area (Å²) < 4.78 is 0. The highest BCUT2D eigenvalue weighted by atomic mass is 127. The van der Waals surface area contributed by atoms with E-state index in [4.69, 9.17) is 11.6 Å². The summed E-state index contributed by atoms with van der Waals surface area (Å²) in [6, 6.07) is 18.3. The molecule has 1 heterocycles. The summed E-state index contributed by atoms with van der Waals surface area (Å²) >= 11 is 6.00. The van der Waals surface area contributed by atoms with Crippen molar-refractivity contribution in [2.24, 2.45) is 4.99 Å². The first-order valence-corrected chi connectivity index (χ1v) is 8.38. The Labute approximate surface area is 170 Å². The van der Waals surface area contributed by atoms with Gasteiger partial charge in [0.25, 0.3) is 0 Å². The van der Waals surface area contributed by atoms with Crippen molar-refractivity contribution in [3.8, 4) is 0 Å². The maximum atomic E-state index is 6.00. The summed E-state index contributed by atoms with van der Waals surface area (Å²) in [5.41, 5.74) is 3.49. The van der Waals surface area contributed by atoms with E-state index < -0.39 is 0 Å². The Morgan fingerprint density at radius 2 is 1.92 bits per heavy atom. The second kappa shape index (κ2) is 9.68. The van der Waals surface area contributed by atoms with Gasteiger partial charge < -0.3 is 15.6 Å². The van der Waals surface area contributed by atoms with Gasteiger partial charge in [-0.2, -0.15) is 0 Å². The maximum Gasteiger partial charge on any atom is 0.191 e. The Hall–Kier alpha value is -1.73. The molecule has 3 N–H and O–H groups in total. The zero-order chi connectivity index (χ0) is 16.8. The van der Waals surface area contributed by atoms with Gasteiger partial charge in [-0.05, 0) is 41.6 Å². The van der Waals surface area contributed by atoms with Crippen molar-refractivity contribution in [3.63, 3.8) is 0 Å². The van der Waals surface area contributed by atoms with Crippen LogP contribution in [0.3, 0.4) is 0 Å². The number of halogens is 2. The van der Waals surface area contributed by atoms with E-state index in [0.29, 0.717) is 6.54 Å². The molecule has 0 saturated carbocycles. The molecule has 0 unspecified atom stereocenters. The number of hydrogen-bond donors (Lipinski definition) is 3. The number of hydrogen-bond acceptors (Lipinski definition) is 1. The SMILES string of the molecule is CN=C(NCCc1cccc(Cl)c1)NCc1cc2ccccc2[nH]1.I. The van der Waals surface area contributed by atoms with Crippen LogP contribution in [-0.4, -0.2) is 24.5 Å². The molecule has 0 fully saturated rings. The van der Waals surface area contributed by atoms with E-state index >= 15 is 0 Å². The number of aromatic amines is 1. The van der Waals surface area contributed by atoms with Crippen molar-refractivity contribution in [2.75, 3.05) is 13.6 Å². The van der Waals surface area contributed by atoms with Gasteiger partial charge in [0.1, 0.15) is 0 Å². The topological polar surface area (TPSA) is 52.2 Å². The molecule has 0 aliphatic rings. The Morgan fingerprint density at radius 3 is 2.68 bits per heavy atom. The van der Waals surface area contributed by atoms with Gasteiger partial charge in [-0.3, -0.25) is 4.99 Å². The quantitative estimate of drug-likeness (QED) is 0.296. The molecule has 3 aromatic rings. The van der Waals surface area contributed by atoms with Crippen LogP contribution in [0.5, 0.6) is 0 Å². The van der Waals surface area contributed by atoms with Crippen LogP contribution >= 0.6 is 35.6 Å². The van der Waals surface area contributed by atoms with Gasteiger partial charge in [-0.25, -0.2) is 0 Å². The molecule has 0 radical (unpaired) electrons. The molecule has 0 atom stereocenters. The largest absolute Gasteiger partial charge is 0.357 e. The highest BCUT2D eigenvalue weighted by molar-refractivity contribution is 14.0. The van der Waals surface area contributed by atoms with E-state index in [1.165, 1.54) is 10.9 Å². The number of nitrogens with one attached hydrogen (secondary N) is 3. The lowest BCUT2D eigenvalue weighted by Gasteiger charge is -2.11. The number of benzene rings is 2. The summed E-state index contributed by atoms with van der Waals surface area (Å²) in [5.74, 6) is 0.788. The number of para-hydroxylation sites is 1. The van der Waals surface area contributed by atoms with Gasteiger partial charge in [0.2, 0.25) is 0 Å². The minimum atomic E-state index is 0. The Bertz CT molecular complexity index is 811. The van der Waals surface area contributed by atoms with Crippen LogP contribution in [0.25, 0.3) is 10.9 Å². The van der Waals surface area contributed by atoms with Gasteiger partial charge in [0.05, 0.1) is 6.54 Å². The lowest BCUT2D eigenvalue weighted by atomic mass is 10.1. The van der Waals surface area contributed by atoms with Crippen molar-refractivity contribution in [2.45, 2.75) is 13.0 Å². The molecule has 0 aliphatic carbocycles. The van der Waals surface area contributed by atoms with E-state index in [1.807, 2.05) is 30.3 Å². The molecule has 0 aliphatic heterocycles. The van der Waals surface area contributed by atoms with Gasteiger partial charge >= 0.3 is 0 Å². The predicted octanol–water partition coefficient (Wildman–Crippen LogP) is 4.35. The fourth-order valence-electron chi connectivity index (χ4n) is 2.65. The second-order valence-electron chi connectivity index (χ2n) is 5.61. The zero-order valence-electron chi connectivity index (χ0n) is 14.1. The molecule has 6 heteroatoms. The minimum Gasteiger partial charge on any atom is -0.357 e. The molecule has 2 aromatic carbocycles. The molecule has 0 bridgehead atoms. The van der Waals surface area contributed by atoms with Crippen molar-refractivity contribution in [1.29, 1.82) is 0 Å². The predicted molar refractivity (Wildman–Crippen MR) is 117 cm³/mol. The standard InChI is InChI=1S/C19H21ClN4.HI/c1-21-19(22-10-9-14-5-4-7-16(20)11-14)23-13-17-12-15-6-2-3-8-18(15)24-17;/h2-8,11-12,24H,9-10,13H2,1H3,(H2,21,22,23);1H. The minimum absolute atomic E-state index is 0. The number of fused-ring (bicyclic) bond motifs is 1. The van der Waals surface area contributed by atoms with E-state index in [2.05, 4.69) is 44.9 Å². The number of rotatable bonds is 5. The smallest absolute Gasteiger partial charge is 0.191 e. The highest BCUT2D eigenvalue weighted by Crippen LogP contribution is 2.14. The first-order chi connectivity index (χ1) is 11.7. The third-order valence-corrected chi connectivity index (χ3v) is 4.09. The Balaban J connectivity index is 0.00000225. The van der Waals surface area contributed by atoms with Crippen molar-refractivity contribution < 1.29 is 0 Å². The van der Waals surface area contributed by atoms with Crippen LogP contribution in [0.2, 0.25) is 5.02 Å². The first kappa shape index (κ1) is 19.6. The second-order valence-corrected chi connectivity index (χ2v) is 6.05. The van der Waals surface area contributed by atoms with Crippen LogP contribution < -0.4 is 10.6 Å². The average Bonchev–Trinajstić information content (AvgIpc) is 3.01. The van der Waals surface area contributed by atoms with Crippen molar-refractivity contribution >= 4 is 52.4 Å². The normalized spacial score (nSPS) is 11.2. The molecule has 25 heavy (non-hydrogen) atoms. The van der Waals surface area contributed by atoms with Gasteiger partial charge in [0, 0.05) is 29.8 Å². The molecule has 3 rings (SSSR count). The zero-order valence-corrected chi connectivity index (χ0v) is 17.1. The fourth-order valence-corrected chi connectivity index (χ4v) is 2.86. The first-order valence-electron chi connectivity index (χ1n) is 8.00. The number of guanidine groups is 1. The average molecular weight is 469 g/mol. The summed E-state index contributed by atoms with van der Waals surface area (Å²) in [4.78, 5) is 7.66. The molecule has 0 amide bonds. The summed E-state index contributed by atoms with van der Waals surface area (Å²) in [5, 5.41) is 8.64. The van der Waals surface area contributed by atoms with E-state index in [-0.39, 0.29) is 24.0 Å².